The van der Waals surface area contributed by atoms with Crippen molar-refractivity contribution in [2.24, 2.45) is 0 Å². The smallest absolute Gasteiger partial charge is 0.296 e. The van der Waals surface area contributed by atoms with Gasteiger partial charge >= 0.3 is 0 Å². The van der Waals surface area contributed by atoms with Gasteiger partial charge in [0.15, 0.2) is 23.0 Å². The Morgan fingerprint density at radius 3 is 2.67 bits per heavy atom. The van der Waals surface area contributed by atoms with Crippen LogP contribution < -0.4 is 9.64 Å². The van der Waals surface area contributed by atoms with Crippen LogP contribution in [0.25, 0.3) is 11.0 Å². The number of nitrogens with one attached hydrogen (secondary N) is 1. The van der Waals surface area contributed by atoms with E-state index < -0.39 is 17.7 Å². The lowest BCUT2D eigenvalue weighted by Gasteiger charge is -2.25. The normalized spacial score (nSPS) is 16.5. The number of carbonyl (C=O) groups excluding carboxylic acids is 2. The minimum atomic E-state index is -0.912. The van der Waals surface area contributed by atoms with Gasteiger partial charge in [-0.1, -0.05) is 25.1 Å². The van der Waals surface area contributed by atoms with Crippen molar-refractivity contribution in [1.29, 1.82) is 0 Å². The average molecular weight is 407 g/mol. The molecule has 1 aliphatic heterocycles. The summed E-state index contributed by atoms with van der Waals surface area (Å²) in [4.78, 5) is 34.5. The number of hydrogen-bond donors (Lipinski definition) is 3. The van der Waals surface area contributed by atoms with Crippen molar-refractivity contribution in [2.45, 2.75) is 26.3 Å². The first-order valence-corrected chi connectivity index (χ1v) is 9.66. The fourth-order valence-electron chi connectivity index (χ4n) is 3.64. The summed E-state index contributed by atoms with van der Waals surface area (Å²) >= 11 is 0. The molecule has 0 saturated heterocycles. The van der Waals surface area contributed by atoms with Gasteiger partial charge in [-0.3, -0.25) is 14.5 Å². The highest BCUT2D eigenvalue weighted by Gasteiger charge is 2.45. The van der Waals surface area contributed by atoms with Gasteiger partial charge in [-0.15, -0.1) is 0 Å². The Balaban J connectivity index is 1.89. The molecule has 0 spiro atoms. The molecule has 0 radical (unpaired) electrons. The topological polar surface area (TPSA) is 116 Å². The molecule has 3 aromatic rings. The van der Waals surface area contributed by atoms with E-state index in [1.54, 1.807) is 32.0 Å². The van der Waals surface area contributed by atoms with Gasteiger partial charge in [0, 0.05) is 6.42 Å². The summed E-state index contributed by atoms with van der Waals surface area (Å²) in [5.41, 5.74) is 1.87. The van der Waals surface area contributed by atoms with E-state index in [-0.39, 0.29) is 35.2 Å². The lowest BCUT2D eigenvalue weighted by atomic mass is 9.95. The summed E-state index contributed by atoms with van der Waals surface area (Å²) in [5, 5.41) is 20.6. The van der Waals surface area contributed by atoms with Gasteiger partial charge in [-0.05, 0) is 36.8 Å². The second-order valence-corrected chi connectivity index (χ2v) is 6.85. The maximum Gasteiger partial charge on any atom is 0.296 e. The Morgan fingerprint density at radius 2 is 1.97 bits per heavy atom. The zero-order valence-electron chi connectivity index (χ0n) is 16.5. The monoisotopic (exact) mass is 407 g/mol. The number of para-hydroxylation sites is 2. The molecule has 1 amide bonds. The van der Waals surface area contributed by atoms with Crippen molar-refractivity contribution in [3.8, 4) is 11.5 Å². The summed E-state index contributed by atoms with van der Waals surface area (Å²) < 4.78 is 5.46. The molecule has 2 aromatic carbocycles. The van der Waals surface area contributed by atoms with Crippen molar-refractivity contribution >= 4 is 28.7 Å². The van der Waals surface area contributed by atoms with Crippen LogP contribution in [0.3, 0.4) is 0 Å². The van der Waals surface area contributed by atoms with E-state index in [0.717, 1.165) is 5.52 Å². The molecule has 1 aliphatic rings. The molecular weight excluding hydrogens is 386 g/mol. The van der Waals surface area contributed by atoms with E-state index in [1.807, 2.05) is 18.2 Å². The van der Waals surface area contributed by atoms with Crippen LogP contribution in [0.2, 0.25) is 0 Å². The molecule has 2 heterocycles. The number of Topliss-reactive ketones (excluding diaryl/α,β-unsaturated/α-hetero) is 1. The third-order valence-electron chi connectivity index (χ3n) is 5.03. The summed E-state index contributed by atoms with van der Waals surface area (Å²) in [6.07, 6.45) is 0.119. The number of benzene rings is 2. The molecule has 0 saturated carbocycles. The zero-order valence-corrected chi connectivity index (χ0v) is 16.5. The van der Waals surface area contributed by atoms with E-state index >= 15 is 0 Å². The SMILES string of the molecule is CCOc1cc(C2C(C(=O)CC)=C(O)C(=O)N2c2nc3ccccc3[nH]2)ccc1O. The average Bonchev–Trinajstić information content (AvgIpc) is 3.28. The third kappa shape index (κ3) is 3.06. The number of ketones is 1. The molecule has 8 heteroatoms. The van der Waals surface area contributed by atoms with Gasteiger partial charge in [-0.2, -0.15) is 0 Å². The van der Waals surface area contributed by atoms with Crippen LogP contribution in [-0.2, 0) is 9.59 Å². The van der Waals surface area contributed by atoms with Crippen molar-refractivity contribution < 1.29 is 24.5 Å². The number of aromatic amines is 1. The van der Waals surface area contributed by atoms with Gasteiger partial charge < -0.3 is 19.9 Å². The summed E-state index contributed by atoms with van der Waals surface area (Å²) in [6.45, 7) is 3.77. The number of hydrogen-bond acceptors (Lipinski definition) is 6. The summed E-state index contributed by atoms with van der Waals surface area (Å²) in [5.74, 6) is -1.29. The molecule has 1 unspecified atom stereocenters. The Bertz CT molecular complexity index is 1150. The summed E-state index contributed by atoms with van der Waals surface area (Å²) in [6, 6.07) is 11.0. The highest BCUT2D eigenvalue weighted by atomic mass is 16.5. The van der Waals surface area contributed by atoms with E-state index in [0.29, 0.717) is 17.7 Å². The quantitative estimate of drug-likeness (QED) is 0.576. The maximum absolute atomic E-state index is 13.0. The zero-order chi connectivity index (χ0) is 21.4. The van der Waals surface area contributed by atoms with Crippen molar-refractivity contribution in [1.82, 2.24) is 9.97 Å². The number of fused-ring (bicyclic) bond motifs is 1. The number of phenolic OH excluding ortho intramolecular Hbond substituents is 1. The molecule has 3 N–H and O–H groups in total. The Kier molecular flexibility index (Phi) is 4.91. The van der Waals surface area contributed by atoms with Crippen LogP contribution in [0.15, 0.2) is 53.8 Å². The summed E-state index contributed by atoms with van der Waals surface area (Å²) in [7, 11) is 0. The van der Waals surface area contributed by atoms with Gasteiger partial charge in [0.1, 0.15) is 0 Å². The number of amides is 1. The highest BCUT2D eigenvalue weighted by molar-refractivity contribution is 6.16. The highest BCUT2D eigenvalue weighted by Crippen LogP contribution is 2.42. The van der Waals surface area contributed by atoms with Crippen LogP contribution in [0.4, 0.5) is 5.95 Å². The molecule has 0 bridgehead atoms. The molecule has 8 nitrogen and oxygen atoms in total. The van der Waals surface area contributed by atoms with Gasteiger partial charge in [0.2, 0.25) is 5.95 Å². The third-order valence-corrected chi connectivity index (χ3v) is 5.03. The Morgan fingerprint density at radius 1 is 1.20 bits per heavy atom. The molecule has 154 valence electrons. The van der Waals surface area contributed by atoms with Crippen LogP contribution in [-0.4, -0.2) is 38.5 Å². The molecule has 1 atom stereocenters. The Labute approximate surface area is 172 Å². The van der Waals surface area contributed by atoms with Crippen LogP contribution in [0.1, 0.15) is 31.9 Å². The predicted molar refractivity (Wildman–Crippen MR) is 111 cm³/mol. The standard InChI is InChI=1S/C22H21N3O5/c1-3-15(26)18-19(12-9-10-16(27)17(11-12)30-4-2)25(21(29)20(18)28)22-23-13-7-5-6-8-14(13)24-22/h5-11,19,27-28H,3-4H2,1-2H3,(H,23,24). The van der Waals surface area contributed by atoms with Gasteiger partial charge in [-0.25, -0.2) is 4.98 Å². The lowest BCUT2D eigenvalue weighted by molar-refractivity contribution is -0.118. The fourth-order valence-corrected chi connectivity index (χ4v) is 3.64. The number of rotatable bonds is 6. The van der Waals surface area contributed by atoms with E-state index in [4.69, 9.17) is 4.74 Å². The number of phenols is 1. The molecule has 30 heavy (non-hydrogen) atoms. The first-order chi connectivity index (χ1) is 14.5. The number of ether oxygens (including phenoxy) is 1. The van der Waals surface area contributed by atoms with E-state index in [9.17, 15) is 19.8 Å². The van der Waals surface area contributed by atoms with Gasteiger partial charge in [0.25, 0.3) is 5.91 Å². The number of nitrogens with zero attached hydrogens (tertiary/aromatic N) is 2. The van der Waals surface area contributed by atoms with Crippen LogP contribution in [0, 0.1) is 0 Å². The number of aromatic hydroxyl groups is 1. The number of aliphatic hydroxyl groups excluding tert-OH is 1. The number of H-pyrrole nitrogens is 1. The predicted octanol–water partition coefficient (Wildman–Crippen LogP) is 3.55. The molecule has 0 aliphatic carbocycles. The number of carbonyl (C=O) groups is 2. The van der Waals surface area contributed by atoms with Crippen molar-refractivity contribution in [2.75, 3.05) is 11.5 Å². The first-order valence-electron chi connectivity index (χ1n) is 9.66. The maximum atomic E-state index is 13.0. The number of aliphatic hydroxyl groups is 1. The molecule has 4 rings (SSSR count). The molecular formula is C22H21N3O5. The molecule has 0 fully saturated rings. The van der Waals surface area contributed by atoms with E-state index in [1.165, 1.54) is 11.0 Å². The van der Waals surface area contributed by atoms with Crippen LogP contribution >= 0.6 is 0 Å². The van der Waals surface area contributed by atoms with E-state index in [2.05, 4.69) is 9.97 Å². The minimum Gasteiger partial charge on any atom is -0.504 e. The largest absolute Gasteiger partial charge is 0.504 e. The van der Waals surface area contributed by atoms with Crippen molar-refractivity contribution in [3.05, 3.63) is 59.4 Å². The second kappa shape index (κ2) is 7.55. The number of anilines is 1. The molecule has 1 aromatic heterocycles. The number of imidazole rings is 1. The minimum absolute atomic E-state index is 0.00362. The van der Waals surface area contributed by atoms with Crippen LogP contribution in [0.5, 0.6) is 11.5 Å². The lowest BCUT2D eigenvalue weighted by Crippen LogP contribution is -2.32. The second-order valence-electron chi connectivity index (χ2n) is 6.85. The number of aromatic nitrogens is 2. The fraction of sp³-hybridized carbons (Fsp3) is 0.227. The Hall–Kier alpha value is -3.81. The van der Waals surface area contributed by atoms with Gasteiger partial charge in [0.05, 0.1) is 29.3 Å². The first kappa shape index (κ1) is 19.5. The van der Waals surface area contributed by atoms with Crippen molar-refractivity contribution in [3.63, 3.8) is 0 Å².